The highest BCUT2D eigenvalue weighted by molar-refractivity contribution is 7.17. The van der Waals surface area contributed by atoms with Crippen LogP contribution in [0.5, 0.6) is 5.75 Å². The number of halogens is 2. The molecule has 0 fully saturated rings. The molecule has 4 aromatic rings. The highest BCUT2D eigenvalue weighted by Crippen LogP contribution is 2.42. The number of aromatic amines is 1. The van der Waals surface area contributed by atoms with E-state index >= 15 is 0 Å². The van der Waals surface area contributed by atoms with Gasteiger partial charge in [-0.2, -0.15) is 0 Å². The first kappa shape index (κ1) is 19.7. The molecule has 4 nitrogen and oxygen atoms in total. The molecule has 0 spiro atoms. The molecule has 0 saturated carbocycles. The molecular formula is C20H18Cl2N2O2S. The van der Waals surface area contributed by atoms with Crippen LogP contribution in [0.3, 0.4) is 0 Å². The largest absolute Gasteiger partial charge is 0.507 e. The predicted molar refractivity (Wildman–Crippen MR) is 117 cm³/mol. The van der Waals surface area contributed by atoms with Gasteiger partial charge in [-0.1, -0.05) is 23.7 Å². The molecule has 2 aromatic carbocycles. The quantitative estimate of drug-likeness (QED) is 0.436. The number of pyridine rings is 1. The van der Waals surface area contributed by atoms with Gasteiger partial charge in [0.25, 0.3) is 5.56 Å². The van der Waals surface area contributed by atoms with Gasteiger partial charge in [-0.3, -0.25) is 4.79 Å². The van der Waals surface area contributed by atoms with Crippen molar-refractivity contribution in [3.63, 3.8) is 0 Å². The van der Waals surface area contributed by atoms with Crippen LogP contribution < -0.4 is 11.3 Å². The van der Waals surface area contributed by atoms with Gasteiger partial charge < -0.3 is 15.8 Å². The fourth-order valence-corrected chi connectivity index (χ4v) is 4.51. The molecule has 0 saturated heterocycles. The van der Waals surface area contributed by atoms with Gasteiger partial charge in [-0.05, 0) is 60.2 Å². The number of hydrogen-bond donors (Lipinski definition) is 3. The van der Waals surface area contributed by atoms with Crippen LogP contribution in [0.15, 0.2) is 40.5 Å². The number of fused-ring (bicyclic) bond motifs is 3. The minimum atomic E-state index is -0.112. The minimum Gasteiger partial charge on any atom is -0.507 e. The lowest BCUT2D eigenvalue weighted by Crippen LogP contribution is -2.06. The van der Waals surface area contributed by atoms with Gasteiger partial charge >= 0.3 is 0 Å². The fraction of sp³-hybridized carbons (Fsp3) is 0.150. The molecule has 2 aromatic heterocycles. The standard InChI is InChI=1S/C20H17ClN2O2S.ClH/c1-10-8-15(24)16(12-3-2-11(4-6-22)14(21)9-12)17-13-5-7-26-19(13)20(25)23-18(10)17;/h2-3,5,7-9,24H,4,6,22H2,1H3,(H,23,25);1H. The van der Waals surface area contributed by atoms with Crippen LogP contribution in [-0.2, 0) is 6.42 Å². The van der Waals surface area contributed by atoms with E-state index in [0.717, 1.165) is 33.0 Å². The van der Waals surface area contributed by atoms with Gasteiger partial charge in [0.05, 0.1) is 5.52 Å². The fourth-order valence-electron chi connectivity index (χ4n) is 3.44. The average molecular weight is 421 g/mol. The number of aryl methyl sites for hydroxylation is 1. The summed E-state index contributed by atoms with van der Waals surface area (Å²) >= 11 is 7.81. The van der Waals surface area contributed by atoms with Crippen molar-refractivity contribution in [3.8, 4) is 16.9 Å². The zero-order chi connectivity index (χ0) is 18.4. The predicted octanol–water partition coefficient (Wildman–Crippen LogP) is 5.00. The number of nitrogens with two attached hydrogens (primary N) is 1. The Balaban J connectivity index is 0.00000210. The van der Waals surface area contributed by atoms with Crippen LogP contribution in [0.2, 0.25) is 5.02 Å². The van der Waals surface area contributed by atoms with Gasteiger partial charge in [-0.25, -0.2) is 0 Å². The number of rotatable bonds is 3. The highest BCUT2D eigenvalue weighted by Gasteiger charge is 2.18. The van der Waals surface area contributed by atoms with E-state index < -0.39 is 0 Å². The lowest BCUT2D eigenvalue weighted by atomic mass is 9.94. The number of aromatic nitrogens is 1. The second-order valence-corrected chi connectivity index (χ2v) is 7.62. The molecule has 2 heterocycles. The first-order valence-corrected chi connectivity index (χ1v) is 9.51. The maximum atomic E-state index is 12.4. The number of H-pyrrole nitrogens is 1. The molecule has 140 valence electrons. The second-order valence-electron chi connectivity index (χ2n) is 6.30. The van der Waals surface area contributed by atoms with E-state index in [0.29, 0.717) is 28.3 Å². The number of thiophene rings is 1. The normalized spacial score (nSPS) is 11.1. The van der Waals surface area contributed by atoms with Gasteiger partial charge in [0, 0.05) is 21.4 Å². The van der Waals surface area contributed by atoms with E-state index in [1.54, 1.807) is 6.07 Å². The molecule has 27 heavy (non-hydrogen) atoms. The molecular weight excluding hydrogens is 403 g/mol. The summed E-state index contributed by atoms with van der Waals surface area (Å²) in [6.07, 6.45) is 0.696. The van der Waals surface area contributed by atoms with Gasteiger partial charge in [-0.15, -0.1) is 23.7 Å². The Bertz CT molecular complexity index is 1210. The van der Waals surface area contributed by atoms with Crippen LogP contribution in [0.25, 0.3) is 32.1 Å². The van der Waals surface area contributed by atoms with Gasteiger partial charge in [0.1, 0.15) is 10.4 Å². The van der Waals surface area contributed by atoms with Crippen molar-refractivity contribution in [1.29, 1.82) is 0 Å². The lowest BCUT2D eigenvalue weighted by molar-refractivity contribution is 0.477. The summed E-state index contributed by atoms with van der Waals surface area (Å²) in [5, 5.41) is 14.9. The summed E-state index contributed by atoms with van der Waals surface area (Å²) < 4.78 is 0.648. The molecule has 0 amide bonds. The topological polar surface area (TPSA) is 79.1 Å². The summed E-state index contributed by atoms with van der Waals surface area (Å²) in [7, 11) is 0. The maximum Gasteiger partial charge on any atom is 0.266 e. The molecule has 0 aliphatic heterocycles. The summed E-state index contributed by atoms with van der Waals surface area (Å²) in [4.78, 5) is 15.3. The monoisotopic (exact) mass is 420 g/mol. The second kappa shape index (κ2) is 7.52. The van der Waals surface area contributed by atoms with Crippen molar-refractivity contribution < 1.29 is 5.11 Å². The maximum absolute atomic E-state index is 12.4. The minimum absolute atomic E-state index is 0. The zero-order valence-electron chi connectivity index (χ0n) is 14.5. The Morgan fingerprint density at radius 1 is 1.26 bits per heavy atom. The summed E-state index contributed by atoms with van der Waals surface area (Å²) in [5.74, 6) is 0.164. The van der Waals surface area contributed by atoms with E-state index in [1.165, 1.54) is 11.3 Å². The summed E-state index contributed by atoms with van der Waals surface area (Å²) in [5.41, 5.74) is 9.51. The van der Waals surface area contributed by atoms with Crippen molar-refractivity contribution in [2.75, 3.05) is 6.54 Å². The summed E-state index contributed by atoms with van der Waals surface area (Å²) in [6, 6.07) is 9.31. The van der Waals surface area contributed by atoms with Crippen molar-refractivity contribution in [3.05, 3.63) is 62.2 Å². The van der Waals surface area contributed by atoms with E-state index in [2.05, 4.69) is 4.98 Å². The average Bonchev–Trinajstić information content (AvgIpc) is 3.09. The van der Waals surface area contributed by atoms with Crippen LogP contribution in [-0.4, -0.2) is 16.6 Å². The van der Waals surface area contributed by atoms with Gasteiger partial charge in [0.15, 0.2) is 0 Å². The third-order valence-corrected chi connectivity index (χ3v) is 5.90. The first-order valence-electron chi connectivity index (χ1n) is 8.26. The Hall–Kier alpha value is -2.05. The number of phenolic OH excluding ortho intramolecular Hbond substituents is 1. The summed E-state index contributed by atoms with van der Waals surface area (Å²) in [6.45, 7) is 2.39. The van der Waals surface area contributed by atoms with Crippen LogP contribution in [0.1, 0.15) is 11.1 Å². The molecule has 4 rings (SSSR count). The van der Waals surface area contributed by atoms with Crippen LogP contribution >= 0.6 is 35.3 Å². The molecule has 0 bridgehead atoms. The van der Waals surface area contributed by atoms with E-state index in [1.807, 2.05) is 36.6 Å². The Morgan fingerprint density at radius 3 is 2.74 bits per heavy atom. The molecule has 4 N–H and O–H groups in total. The first-order chi connectivity index (χ1) is 12.5. The van der Waals surface area contributed by atoms with Gasteiger partial charge in [0.2, 0.25) is 0 Å². The number of phenols is 1. The number of benzene rings is 2. The number of hydrogen-bond acceptors (Lipinski definition) is 4. The SMILES string of the molecule is Cc1cc(O)c(-c2ccc(CCN)c(Cl)c2)c2c1[nH]c(=O)c1sccc12.Cl. The van der Waals surface area contributed by atoms with E-state index in [9.17, 15) is 9.90 Å². The zero-order valence-corrected chi connectivity index (χ0v) is 16.9. The molecule has 7 heteroatoms. The molecule has 0 unspecified atom stereocenters. The van der Waals surface area contributed by atoms with Crippen molar-refractivity contribution in [2.45, 2.75) is 13.3 Å². The Kier molecular flexibility index (Phi) is 5.49. The van der Waals surface area contributed by atoms with Crippen LogP contribution in [0, 0.1) is 6.92 Å². The molecule has 0 atom stereocenters. The smallest absolute Gasteiger partial charge is 0.266 e. The van der Waals surface area contributed by atoms with E-state index in [-0.39, 0.29) is 23.7 Å². The number of aromatic hydroxyl groups is 1. The Morgan fingerprint density at radius 2 is 2.04 bits per heavy atom. The Labute approximate surface area is 171 Å². The third kappa shape index (κ3) is 3.21. The van der Waals surface area contributed by atoms with Crippen molar-refractivity contribution in [1.82, 2.24) is 4.98 Å². The van der Waals surface area contributed by atoms with Crippen LogP contribution in [0.4, 0.5) is 0 Å². The number of nitrogens with one attached hydrogen (secondary N) is 1. The third-order valence-electron chi connectivity index (χ3n) is 4.64. The van der Waals surface area contributed by atoms with E-state index in [4.69, 9.17) is 17.3 Å². The highest BCUT2D eigenvalue weighted by atomic mass is 35.5. The van der Waals surface area contributed by atoms with Crippen molar-refractivity contribution in [2.24, 2.45) is 5.73 Å². The molecule has 0 aliphatic carbocycles. The molecule has 0 aliphatic rings. The molecule has 0 radical (unpaired) electrons. The lowest BCUT2D eigenvalue weighted by Gasteiger charge is -2.14. The van der Waals surface area contributed by atoms with Crippen molar-refractivity contribution >= 4 is 56.3 Å².